The number of pyridine rings is 1. The van der Waals surface area contributed by atoms with Crippen molar-refractivity contribution in [1.82, 2.24) is 15.6 Å². The van der Waals surface area contributed by atoms with Gasteiger partial charge in [-0.2, -0.15) is 0 Å². The van der Waals surface area contributed by atoms with E-state index in [-0.39, 0.29) is 17.6 Å². The molecule has 0 aliphatic carbocycles. The molecule has 0 spiro atoms. The molecular formula is C24H31N3O2. The Morgan fingerprint density at radius 2 is 1.90 bits per heavy atom. The molecule has 29 heavy (non-hydrogen) atoms. The second-order valence-corrected chi connectivity index (χ2v) is 7.89. The molecule has 1 amide bonds. The molecule has 1 atom stereocenters. The minimum Gasteiger partial charge on any atom is -0.354 e. The smallest absolute Gasteiger partial charge is 0.269 e. The normalized spacial score (nSPS) is 15.7. The van der Waals surface area contributed by atoms with E-state index in [0.29, 0.717) is 17.7 Å². The average molecular weight is 394 g/mol. The second-order valence-electron chi connectivity index (χ2n) is 7.89. The Hall–Kier alpha value is -2.53. The van der Waals surface area contributed by atoms with Gasteiger partial charge in [0.2, 0.25) is 0 Å². The lowest BCUT2D eigenvalue weighted by Gasteiger charge is -2.22. The van der Waals surface area contributed by atoms with Crippen LogP contribution in [-0.2, 0) is 0 Å². The van der Waals surface area contributed by atoms with E-state index in [2.05, 4.69) is 22.5 Å². The lowest BCUT2D eigenvalue weighted by molar-refractivity contribution is 0.0958. The maximum absolute atomic E-state index is 12.9. The van der Waals surface area contributed by atoms with Crippen LogP contribution in [0.15, 0.2) is 42.5 Å². The predicted octanol–water partition coefficient (Wildman–Crippen LogP) is 3.95. The molecule has 1 saturated heterocycles. The Kier molecular flexibility index (Phi) is 7.53. The average Bonchev–Trinajstić information content (AvgIpc) is 2.79. The number of benzene rings is 1. The van der Waals surface area contributed by atoms with Crippen LogP contribution in [0.25, 0.3) is 0 Å². The van der Waals surface area contributed by atoms with Crippen LogP contribution in [0.5, 0.6) is 0 Å². The minimum atomic E-state index is -0.268. The molecular weight excluding hydrogens is 362 g/mol. The van der Waals surface area contributed by atoms with E-state index in [1.165, 1.54) is 12.8 Å². The van der Waals surface area contributed by atoms with Crippen molar-refractivity contribution in [3.8, 4) is 0 Å². The van der Waals surface area contributed by atoms with Gasteiger partial charge in [-0.05, 0) is 62.4 Å². The molecule has 2 aromatic rings. The SMILES string of the molecule is CNC(=O)c1cc(C(=O)CCCC2CCNCC2)cc(C(C)c2ccccc2)n1. The Labute approximate surface area is 173 Å². The number of hydrogen-bond donors (Lipinski definition) is 2. The van der Waals surface area contributed by atoms with Gasteiger partial charge >= 0.3 is 0 Å². The summed E-state index contributed by atoms with van der Waals surface area (Å²) in [4.78, 5) is 29.7. The van der Waals surface area contributed by atoms with Gasteiger partial charge in [-0.25, -0.2) is 4.98 Å². The van der Waals surface area contributed by atoms with Crippen molar-refractivity contribution >= 4 is 11.7 Å². The summed E-state index contributed by atoms with van der Waals surface area (Å²) in [6.07, 6.45) is 4.89. The van der Waals surface area contributed by atoms with Crippen LogP contribution < -0.4 is 10.6 Å². The first kappa shape index (κ1) is 21.2. The Morgan fingerprint density at radius 1 is 1.17 bits per heavy atom. The zero-order valence-electron chi connectivity index (χ0n) is 17.4. The number of ketones is 1. The molecule has 154 valence electrons. The molecule has 5 nitrogen and oxygen atoms in total. The van der Waals surface area contributed by atoms with Crippen molar-refractivity contribution in [2.24, 2.45) is 5.92 Å². The van der Waals surface area contributed by atoms with E-state index >= 15 is 0 Å². The van der Waals surface area contributed by atoms with Crippen LogP contribution in [0.2, 0.25) is 0 Å². The highest BCUT2D eigenvalue weighted by molar-refractivity contribution is 5.99. The van der Waals surface area contributed by atoms with Crippen molar-refractivity contribution in [1.29, 1.82) is 0 Å². The third-order valence-electron chi connectivity index (χ3n) is 5.84. The highest BCUT2D eigenvalue weighted by Crippen LogP contribution is 2.25. The molecule has 1 aliphatic rings. The van der Waals surface area contributed by atoms with Crippen LogP contribution in [0.4, 0.5) is 0 Å². The second kappa shape index (κ2) is 10.3. The molecule has 3 rings (SSSR count). The summed E-state index contributed by atoms with van der Waals surface area (Å²) in [5.41, 5.74) is 2.74. The molecule has 1 fully saturated rings. The van der Waals surface area contributed by atoms with Gasteiger partial charge in [0.15, 0.2) is 5.78 Å². The van der Waals surface area contributed by atoms with Gasteiger partial charge in [-0.1, -0.05) is 37.3 Å². The van der Waals surface area contributed by atoms with Crippen molar-refractivity contribution in [2.75, 3.05) is 20.1 Å². The van der Waals surface area contributed by atoms with Crippen LogP contribution >= 0.6 is 0 Å². The summed E-state index contributed by atoms with van der Waals surface area (Å²) in [6, 6.07) is 13.5. The first-order chi connectivity index (χ1) is 14.1. The first-order valence-corrected chi connectivity index (χ1v) is 10.6. The number of nitrogens with one attached hydrogen (secondary N) is 2. The molecule has 0 radical (unpaired) electrons. The molecule has 1 aliphatic heterocycles. The number of Topliss-reactive ketones (excluding diaryl/α,β-unsaturated/α-hetero) is 1. The van der Waals surface area contributed by atoms with Gasteiger partial charge in [-0.3, -0.25) is 9.59 Å². The standard InChI is InChI=1S/C24H31N3O2/c1-17(19-8-4-3-5-9-19)21-15-20(16-22(27-21)24(29)25-2)23(28)10-6-7-18-11-13-26-14-12-18/h3-5,8-9,15-18,26H,6-7,10-14H2,1-2H3,(H,25,29). The zero-order chi connectivity index (χ0) is 20.6. The Bertz CT molecular complexity index is 829. The van der Waals surface area contributed by atoms with E-state index in [0.717, 1.165) is 43.1 Å². The molecule has 0 saturated carbocycles. The first-order valence-electron chi connectivity index (χ1n) is 10.6. The summed E-state index contributed by atoms with van der Waals surface area (Å²) in [5, 5.41) is 6.00. The van der Waals surface area contributed by atoms with Gasteiger partial charge in [0.05, 0.1) is 0 Å². The fraction of sp³-hybridized carbons (Fsp3) is 0.458. The van der Waals surface area contributed by atoms with Crippen molar-refractivity contribution in [3.63, 3.8) is 0 Å². The number of carbonyl (C=O) groups excluding carboxylic acids is 2. The topological polar surface area (TPSA) is 71.1 Å². The van der Waals surface area contributed by atoms with Crippen LogP contribution in [-0.4, -0.2) is 36.8 Å². The Morgan fingerprint density at radius 3 is 2.59 bits per heavy atom. The lowest BCUT2D eigenvalue weighted by atomic mass is 9.91. The number of piperidine rings is 1. The third-order valence-corrected chi connectivity index (χ3v) is 5.84. The summed E-state index contributed by atoms with van der Waals surface area (Å²) in [6.45, 7) is 4.22. The van der Waals surface area contributed by atoms with E-state index in [4.69, 9.17) is 0 Å². The lowest BCUT2D eigenvalue weighted by Crippen LogP contribution is -2.27. The number of amides is 1. The van der Waals surface area contributed by atoms with E-state index in [9.17, 15) is 9.59 Å². The van der Waals surface area contributed by atoms with Gasteiger partial charge in [-0.15, -0.1) is 0 Å². The predicted molar refractivity (Wildman–Crippen MR) is 115 cm³/mol. The number of aromatic nitrogens is 1. The largest absolute Gasteiger partial charge is 0.354 e. The number of rotatable bonds is 8. The van der Waals surface area contributed by atoms with Crippen LogP contribution in [0, 0.1) is 5.92 Å². The third kappa shape index (κ3) is 5.73. The maximum atomic E-state index is 12.9. The number of hydrogen-bond acceptors (Lipinski definition) is 4. The molecule has 0 bridgehead atoms. The van der Waals surface area contributed by atoms with Crippen molar-refractivity contribution in [2.45, 2.75) is 44.9 Å². The van der Waals surface area contributed by atoms with Crippen molar-refractivity contribution in [3.05, 3.63) is 65.0 Å². The summed E-state index contributed by atoms with van der Waals surface area (Å²) in [5.74, 6) is 0.544. The van der Waals surface area contributed by atoms with E-state index in [1.54, 1.807) is 13.1 Å². The maximum Gasteiger partial charge on any atom is 0.269 e. The zero-order valence-corrected chi connectivity index (χ0v) is 17.4. The highest BCUT2D eigenvalue weighted by Gasteiger charge is 2.19. The molecule has 1 aromatic carbocycles. The van der Waals surface area contributed by atoms with Gasteiger partial charge in [0.25, 0.3) is 5.91 Å². The molecule has 2 heterocycles. The number of carbonyl (C=O) groups is 2. The van der Waals surface area contributed by atoms with E-state index < -0.39 is 0 Å². The minimum absolute atomic E-state index is 0.00194. The van der Waals surface area contributed by atoms with Gasteiger partial charge in [0.1, 0.15) is 5.69 Å². The van der Waals surface area contributed by atoms with Crippen LogP contribution in [0.3, 0.4) is 0 Å². The monoisotopic (exact) mass is 393 g/mol. The van der Waals surface area contributed by atoms with E-state index in [1.807, 2.05) is 36.4 Å². The molecule has 1 aromatic heterocycles. The quantitative estimate of drug-likeness (QED) is 0.666. The fourth-order valence-electron chi connectivity index (χ4n) is 3.96. The fourth-order valence-corrected chi connectivity index (χ4v) is 3.96. The molecule has 2 N–H and O–H groups in total. The Balaban J connectivity index is 1.75. The number of nitrogens with zero attached hydrogens (tertiary/aromatic N) is 1. The van der Waals surface area contributed by atoms with Crippen LogP contribution in [0.1, 0.15) is 77.0 Å². The summed E-state index contributed by atoms with van der Waals surface area (Å²) >= 11 is 0. The summed E-state index contributed by atoms with van der Waals surface area (Å²) in [7, 11) is 1.58. The summed E-state index contributed by atoms with van der Waals surface area (Å²) < 4.78 is 0. The molecule has 1 unspecified atom stereocenters. The highest BCUT2D eigenvalue weighted by atomic mass is 16.1. The van der Waals surface area contributed by atoms with Gasteiger partial charge < -0.3 is 10.6 Å². The molecule has 5 heteroatoms. The van der Waals surface area contributed by atoms with Gasteiger partial charge in [0, 0.05) is 30.6 Å². The van der Waals surface area contributed by atoms with Crippen molar-refractivity contribution < 1.29 is 9.59 Å².